The minimum atomic E-state index is -0.826. The Morgan fingerprint density at radius 2 is 2.31 bits per heavy atom. The van der Waals surface area contributed by atoms with Crippen LogP contribution in [0.2, 0.25) is 0 Å². The molecule has 3 nitrogen and oxygen atoms in total. The van der Waals surface area contributed by atoms with E-state index in [1.165, 1.54) is 7.11 Å². The van der Waals surface area contributed by atoms with Gasteiger partial charge in [0.25, 0.3) is 0 Å². The van der Waals surface area contributed by atoms with Gasteiger partial charge in [-0.3, -0.25) is 9.59 Å². The average molecular weight is 296 g/mol. The van der Waals surface area contributed by atoms with E-state index < -0.39 is 5.41 Å². The van der Waals surface area contributed by atoms with Gasteiger partial charge in [0.05, 0.1) is 7.11 Å². The van der Waals surface area contributed by atoms with E-state index in [9.17, 15) is 9.59 Å². The summed E-state index contributed by atoms with van der Waals surface area (Å²) in [6, 6.07) is 0. The van der Waals surface area contributed by atoms with Gasteiger partial charge in [0.1, 0.15) is 5.41 Å². The van der Waals surface area contributed by atoms with Crippen LogP contribution < -0.4 is 0 Å². The molecule has 0 amide bonds. The lowest BCUT2D eigenvalue weighted by Crippen LogP contribution is -2.43. The first-order valence-electron chi connectivity index (χ1n) is 4.35. The van der Waals surface area contributed by atoms with Crippen LogP contribution in [0.15, 0.2) is 0 Å². The van der Waals surface area contributed by atoms with Crippen LogP contribution in [0, 0.1) is 5.41 Å². The fourth-order valence-corrected chi connectivity index (χ4v) is 2.82. The summed E-state index contributed by atoms with van der Waals surface area (Å²) < 4.78 is 5.23. The Balaban J connectivity index is 2.88. The van der Waals surface area contributed by atoms with Gasteiger partial charge in [0.2, 0.25) is 0 Å². The van der Waals surface area contributed by atoms with Crippen molar-refractivity contribution < 1.29 is 14.3 Å². The van der Waals surface area contributed by atoms with Crippen molar-refractivity contribution in [2.45, 2.75) is 25.7 Å². The number of hydrogen-bond acceptors (Lipinski definition) is 3. The monoisotopic (exact) mass is 296 g/mol. The van der Waals surface area contributed by atoms with E-state index in [1.54, 1.807) is 0 Å². The zero-order valence-corrected chi connectivity index (χ0v) is 9.80. The maximum absolute atomic E-state index is 11.6. The maximum Gasteiger partial charge on any atom is 0.320 e. The summed E-state index contributed by atoms with van der Waals surface area (Å²) in [4.78, 5) is 23.1. The SMILES string of the molecule is COC(=O)C1(CI)CCCCC1=O. The number of rotatable bonds is 2. The van der Waals surface area contributed by atoms with Gasteiger partial charge in [0.15, 0.2) is 5.78 Å². The van der Waals surface area contributed by atoms with Crippen molar-refractivity contribution >= 4 is 34.3 Å². The fourth-order valence-electron chi connectivity index (χ4n) is 1.70. The van der Waals surface area contributed by atoms with Crippen LogP contribution >= 0.6 is 22.6 Å². The standard InChI is InChI=1S/C9H13IO3/c1-13-8(12)9(6-10)5-3-2-4-7(9)11/h2-6H2,1H3. The second kappa shape index (κ2) is 4.39. The first kappa shape index (κ1) is 10.9. The van der Waals surface area contributed by atoms with Crippen molar-refractivity contribution in [1.29, 1.82) is 0 Å². The molecule has 1 aliphatic carbocycles. The summed E-state index contributed by atoms with van der Waals surface area (Å²) in [7, 11) is 1.35. The highest BCUT2D eigenvalue weighted by molar-refractivity contribution is 14.1. The molecule has 0 radical (unpaired) electrons. The zero-order chi connectivity index (χ0) is 9.90. The van der Waals surface area contributed by atoms with Crippen LogP contribution in [0.5, 0.6) is 0 Å². The van der Waals surface area contributed by atoms with Gasteiger partial charge >= 0.3 is 5.97 Å². The van der Waals surface area contributed by atoms with Gasteiger partial charge in [-0.05, 0) is 12.8 Å². The molecule has 74 valence electrons. The van der Waals surface area contributed by atoms with Gasteiger partial charge in [-0.25, -0.2) is 0 Å². The van der Waals surface area contributed by atoms with Crippen LogP contribution in [0.25, 0.3) is 0 Å². The van der Waals surface area contributed by atoms with Gasteiger partial charge in [0, 0.05) is 10.8 Å². The summed E-state index contributed by atoms with van der Waals surface area (Å²) in [6.45, 7) is 0. The number of hydrogen-bond donors (Lipinski definition) is 0. The molecule has 0 aliphatic heterocycles. The minimum Gasteiger partial charge on any atom is -0.468 e. The molecule has 1 rings (SSSR count). The van der Waals surface area contributed by atoms with E-state index in [0.29, 0.717) is 17.3 Å². The number of ketones is 1. The predicted molar refractivity (Wildman–Crippen MR) is 56.8 cm³/mol. The van der Waals surface area contributed by atoms with Gasteiger partial charge < -0.3 is 4.74 Å². The van der Waals surface area contributed by atoms with E-state index in [1.807, 2.05) is 0 Å². The second-order valence-corrected chi connectivity index (χ2v) is 4.10. The molecule has 1 saturated carbocycles. The molecule has 0 aromatic rings. The van der Waals surface area contributed by atoms with Crippen LogP contribution in [0.4, 0.5) is 0 Å². The lowest BCUT2D eigenvalue weighted by molar-refractivity contribution is -0.158. The van der Waals surface area contributed by atoms with E-state index in [-0.39, 0.29) is 11.8 Å². The highest BCUT2D eigenvalue weighted by atomic mass is 127. The Kier molecular flexibility index (Phi) is 3.70. The molecule has 13 heavy (non-hydrogen) atoms. The van der Waals surface area contributed by atoms with Crippen molar-refractivity contribution in [1.82, 2.24) is 0 Å². The fraction of sp³-hybridized carbons (Fsp3) is 0.778. The molecule has 1 unspecified atom stereocenters. The van der Waals surface area contributed by atoms with Crippen molar-refractivity contribution in [3.05, 3.63) is 0 Å². The third-order valence-corrected chi connectivity index (χ3v) is 3.90. The lowest BCUT2D eigenvalue weighted by atomic mass is 9.74. The highest BCUT2D eigenvalue weighted by Crippen LogP contribution is 2.36. The summed E-state index contributed by atoms with van der Waals surface area (Å²) in [5, 5.41) is 0. The summed E-state index contributed by atoms with van der Waals surface area (Å²) >= 11 is 2.09. The number of methoxy groups -OCH3 is 1. The Morgan fingerprint density at radius 1 is 1.62 bits per heavy atom. The van der Waals surface area contributed by atoms with Crippen molar-refractivity contribution in [2.24, 2.45) is 5.41 Å². The predicted octanol–water partition coefficient (Wildman–Crippen LogP) is 1.72. The molecule has 1 atom stereocenters. The van der Waals surface area contributed by atoms with Crippen LogP contribution in [-0.4, -0.2) is 23.3 Å². The summed E-state index contributed by atoms with van der Waals surface area (Å²) in [5.74, 6) is -0.299. The Hall–Kier alpha value is -0.130. The van der Waals surface area contributed by atoms with Crippen molar-refractivity contribution in [2.75, 3.05) is 11.5 Å². The molecule has 0 N–H and O–H groups in total. The van der Waals surface area contributed by atoms with E-state index in [0.717, 1.165) is 12.8 Å². The number of Topliss-reactive ketones (excluding diaryl/α,β-unsaturated/α-hetero) is 1. The highest BCUT2D eigenvalue weighted by Gasteiger charge is 2.46. The summed E-state index contributed by atoms with van der Waals surface area (Å²) in [5.41, 5.74) is -0.826. The molecular formula is C9H13IO3. The topological polar surface area (TPSA) is 43.4 Å². The van der Waals surface area contributed by atoms with Crippen molar-refractivity contribution in [3.63, 3.8) is 0 Å². The number of carbonyl (C=O) groups is 2. The van der Waals surface area contributed by atoms with E-state index in [4.69, 9.17) is 0 Å². The van der Waals surface area contributed by atoms with Crippen LogP contribution in [0.3, 0.4) is 0 Å². The molecule has 0 aromatic heterocycles. The number of halogens is 1. The Labute approximate surface area is 91.4 Å². The van der Waals surface area contributed by atoms with Crippen LogP contribution in [0.1, 0.15) is 25.7 Å². The second-order valence-electron chi connectivity index (χ2n) is 3.34. The molecule has 0 saturated heterocycles. The molecule has 0 heterocycles. The molecule has 0 aromatic carbocycles. The third kappa shape index (κ3) is 1.87. The smallest absolute Gasteiger partial charge is 0.320 e. The molecule has 1 fully saturated rings. The maximum atomic E-state index is 11.6. The Morgan fingerprint density at radius 3 is 2.77 bits per heavy atom. The largest absolute Gasteiger partial charge is 0.468 e. The summed E-state index contributed by atoms with van der Waals surface area (Å²) in [6.07, 6.45) is 3.04. The van der Waals surface area contributed by atoms with E-state index >= 15 is 0 Å². The van der Waals surface area contributed by atoms with Gasteiger partial charge in [-0.1, -0.05) is 29.0 Å². The third-order valence-electron chi connectivity index (χ3n) is 2.60. The average Bonchev–Trinajstić information content (AvgIpc) is 2.18. The quantitative estimate of drug-likeness (QED) is 0.337. The van der Waals surface area contributed by atoms with Crippen LogP contribution in [-0.2, 0) is 14.3 Å². The Bertz CT molecular complexity index is 217. The number of carbonyl (C=O) groups excluding carboxylic acids is 2. The van der Waals surface area contributed by atoms with Crippen molar-refractivity contribution in [3.8, 4) is 0 Å². The van der Waals surface area contributed by atoms with Gasteiger partial charge in [-0.15, -0.1) is 0 Å². The van der Waals surface area contributed by atoms with E-state index in [2.05, 4.69) is 27.3 Å². The minimum absolute atomic E-state index is 0.0556. The normalized spacial score (nSPS) is 28.6. The number of alkyl halides is 1. The molecular weight excluding hydrogens is 283 g/mol. The molecule has 1 aliphatic rings. The first-order chi connectivity index (χ1) is 6.17. The van der Waals surface area contributed by atoms with Gasteiger partial charge in [-0.2, -0.15) is 0 Å². The molecule has 0 spiro atoms. The zero-order valence-electron chi connectivity index (χ0n) is 7.64. The molecule has 0 bridgehead atoms. The number of ether oxygens (including phenoxy) is 1. The number of esters is 1. The molecule has 4 heteroatoms. The lowest BCUT2D eigenvalue weighted by Gasteiger charge is -2.30. The first-order valence-corrected chi connectivity index (χ1v) is 5.87.